The van der Waals surface area contributed by atoms with Gasteiger partial charge in [-0.1, -0.05) is 27.7 Å². The lowest BCUT2D eigenvalue weighted by atomic mass is 9.89. The first-order valence-electron chi connectivity index (χ1n) is 8.07. The largest absolute Gasteiger partial charge is 0.378 e. The molecule has 120 valence electrons. The number of amides is 2. The van der Waals surface area contributed by atoms with Crippen molar-refractivity contribution in [2.75, 3.05) is 6.61 Å². The second-order valence-corrected chi connectivity index (χ2v) is 7.02. The van der Waals surface area contributed by atoms with Gasteiger partial charge in [0.2, 0.25) is 11.8 Å². The highest BCUT2D eigenvalue weighted by Crippen LogP contribution is 2.28. The molecule has 2 aliphatic heterocycles. The molecule has 0 spiro atoms. The topological polar surface area (TPSA) is 58.6 Å². The number of carbonyl (C=O) groups is 2. The number of hydrogen-bond acceptors (Lipinski definition) is 3. The van der Waals surface area contributed by atoms with Crippen molar-refractivity contribution >= 4 is 11.8 Å². The van der Waals surface area contributed by atoms with Gasteiger partial charge in [-0.3, -0.25) is 9.59 Å². The lowest BCUT2D eigenvalue weighted by Gasteiger charge is -2.47. The predicted octanol–water partition coefficient (Wildman–Crippen LogP) is 1.56. The first kappa shape index (κ1) is 16.3. The molecular formula is C16H28N2O3. The van der Waals surface area contributed by atoms with Crippen molar-refractivity contribution in [3.63, 3.8) is 0 Å². The highest BCUT2D eigenvalue weighted by Gasteiger charge is 2.46. The molecule has 0 saturated carbocycles. The van der Waals surface area contributed by atoms with Gasteiger partial charge in [0.25, 0.3) is 0 Å². The standard InChI is InChI=1S/C16H28N2O3/c1-9(2)13-16(20)18(12-6-7-21-11(5)8-12)14(10(3)4)15(19)17-13/h9-14H,6-8H2,1-5H3,(H,17,19). The molecule has 0 aromatic rings. The number of piperazine rings is 1. The minimum absolute atomic E-state index is 0.0116. The Morgan fingerprint density at radius 2 is 1.86 bits per heavy atom. The van der Waals surface area contributed by atoms with Gasteiger partial charge in [-0.15, -0.1) is 0 Å². The number of nitrogens with one attached hydrogen (secondary N) is 1. The van der Waals surface area contributed by atoms with Crippen LogP contribution in [0.25, 0.3) is 0 Å². The van der Waals surface area contributed by atoms with Crippen LogP contribution in [0.2, 0.25) is 0 Å². The van der Waals surface area contributed by atoms with Gasteiger partial charge in [-0.05, 0) is 31.6 Å². The van der Waals surface area contributed by atoms with Crippen molar-refractivity contribution in [3.05, 3.63) is 0 Å². The van der Waals surface area contributed by atoms with Crippen LogP contribution in [0, 0.1) is 11.8 Å². The lowest BCUT2D eigenvalue weighted by Crippen LogP contribution is -2.68. The molecule has 0 bridgehead atoms. The van der Waals surface area contributed by atoms with Crippen LogP contribution in [-0.4, -0.2) is 47.6 Å². The molecule has 5 heteroatoms. The fourth-order valence-corrected chi connectivity index (χ4v) is 3.43. The summed E-state index contributed by atoms with van der Waals surface area (Å²) in [5.74, 6) is 0.277. The van der Waals surface area contributed by atoms with Crippen LogP contribution in [0.5, 0.6) is 0 Å². The minimum Gasteiger partial charge on any atom is -0.378 e. The van der Waals surface area contributed by atoms with Crippen LogP contribution in [0.15, 0.2) is 0 Å². The molecule has 2 heterocycles. The second kappa shape index (κ2) is 6.34. The van der Waals surface area contributed by atoms with Crippen molar-refractivity contribution in [1.29, 1.82) is 0 Å². The Morgan fingerprint density at radius 1 is 1.19 bits per heavy atom. The van der Waals surface area contributed by atoms with E-state index in [2.05, 4.69) is 5.32 Å². The van der Waals surface area contributed by atoms with Gasteiger partial charge < -0.3 is 15.0 Å². The molecule has 0 aromatic heterocycles. The summed E-state index contributed by atoms with van der Waals surface area (Å²) < 4.78 is 5.59. The molecule has 2 aliphatic rings. The Labute approximate surface area is 127 Å². The molecule has 2 fully saturated rings. The van der Waals surface area contributed by atoms with Gasteiger partial charge in [0, 0.05) is 12.6 Å². The third-order valence-electron chi connectivity index (χ3n) is 4.54. The van der Waals surface area contributed by atoms with Crippen LogP contribution in [-0.2, 0) is 14.3 Å². The molecule has 0 radical (unpaired) electrons. The SMILES string of the molecule is CC1CC(N2C(=O)C(C(C)C)NC(=O)C2C(C)C)CCO1. The second-order valence-electron chi connectivity index (χ2n) is 7.02. The molecule has 21 heavy (non-hydrogen) atoms. The van der Waals surface area contributed by atoms with E-state index in [4.69, 9.17) is 4.74 Å². The monoisotopic (exact) mass is 296 g/mol. The molecule has 4 atom stereocenters. The highest BCUT2D eigenvalue weighted by atomic mass is 16.5. The van der Waals surface area contributed by atoms with Crippen molar-refractivity contribution in [3.8, 4) is 0 Å². The van der Waals surface area contributed by atoms with Gasteiger partial charge in [0.05, 0.1) is 6.10 Å². The summed E-state index contributed by atoms with van der Waals surface area (Å²) in [4.78, 5) is 27.3. The summed E-state index contributed by atoms with van der Waals surface area (Å²) >= 11 is 0. The molecule has 4 unspecified atom stereocenters. The Kier molecular flexibility index (Phi) is 4.91. The van der Waals surface area contributed by atoms with Crippen LogP contribution < -0.4 is 5.32 Å². The molecule has 0 aliphatic carbocycles. The van der Waals surface area contributed by atoms with Gasteiger partial charge in [0.15, 0.2) is 0 Å². The van der Waals surface area contributed by atoms with Gasteiger partial charge in [-0.25, -0.2) is 0 Å². The zero-order chi connectivity index (χ0) is 15.7. The Morgan fingerprint density at radius 3 is 2.38 bits per heavy atom. The first-order chi connectivity index (χ1) is 9.82. The van der Waals surface area contributed by atoms with E-state index in [1.165, 1.54) is 0 Å². The number of hydrogen-bond donors (Lipinski definition) is 1. The van der Waals surface area contributed by atoms with E-state index < -0.39 is 6.04 Å². The summed E-state index contributed by atoms with van der Waals surface area (Å²) in [6, 6.07) is -0.644. The molecule has 1 N–H and O–H groups in total. The Bertz CT molecular complexity index is 408. The third kappa shape index (κ3) is 3.23. The molecule has 5 nitrogen and oxygen atoms in total. The van der Waals surface area contributed by atoms with Crippen LogP contribution in [0.3, 0.4) is 0 Å². The van der Waals surface area contributed by atoms with Crippen molar-refractivity contribution < 1.29 is 14.3 Å². The van der Waals surface area contributed by atoms with E-state index in [0.717, 1.165) is 12.8 Å². The van der Waals surface area contributed by atoms with E-state index in [1.807, 2.05) is 39.5 Å². The van der Waals surface area contributed by atoms with E-state index in [9.17, 15) is 9.59 Å². The molecule has 2 saturated heterocycles. The highest BCUT2D eigenvalue weighted by molar-refractivity contribution is 5.97. The van der Waals surface area contributed by atoms with Crippen LogP contribution in [0.4, 0.5) is 0 Å². The summed E-state index contributed by atoms with van der Waals surface area (Å²) in [7, 11) is 0. The molecular weight excluding hydrogens is 268 g/mol. The zero-order valence-corrected chi connectivity index (χ0v) is 13.8. The summed E-state index contributed by atoms with van der Waals surface area (Å²) in [5, 5.41) is 2.92. The van der Waals surface area contributed by atoms with Crippen molar-refractivity contribution in [2.24, 2.45) is 11.8 Å². The predicted molar refractivity (Wildman–Crippen MR) is 80.7 cm³/mol. The quantitative estimate of drug-likeness (QED) is 0.860. The summed E-state index contributed by atoms with van der Waals surface area (Å²) in [5.41, 5.74) is 0. The Hall–Kier alpha value is -1.10. The number of ether oxygens (including phenoxy) is 1. The van der Waals surface area contributed by atoms with Crippen molar-refractivity contribution in [1.82, 2.24) is 10.2 Å². The van der Waals surface area contributed by atoms with Crippen LogP contribution >= 0.6 is 0 Å². The molecule has 2 amide bonds. The zero-order valence-electron chi connectivity index (χ0n) is 13.8. The Balaban J connectivity index is 2.29. The summed E-state index contributed by atoms with van der Waals surface area (Å²) in [6.45, 7) is 10.7. The average molecular weight is 296 g/mol. The van der Waals surface area contributed by atoms with Crippen LogP contribution in [0.1, 0.15) is 47.5 Å². The maximum Gasteiger partial charge on any atom is 0.246 e. The summed E-state index contributed by atoms with van der Waals surface area (Å²) in [6.07, 6.45) is 1.77. The first-order valence-corrected chi connectivity index (χ1v) is 8.07. The fraction of sp³-hybridized carbons (Fsp3) is 0.875. The molecule has 0 aromatic carbocycles. The van der Waals surface area contributed by atoms with E-state index in [1.54, 1.807) is 0 Å². The number of nitrogens with zero attached hydrogens (tertiary/aromatic N) is 1. The molecule has 2 rings (SSSR count). The number of rotatable bonds is 3. The van der Waals surface area contributed by atoms with E-state index in [0.29, 0.717) is 6.61 Å². The van der Waals surface area contributed by atoms with E-state index >= 15 is 0 Å². The average Bonchev–Trinajstić information content (AvgIpc) is 2.39. The lowest BCUT2D eigenvalue weighted by molar-refractivity contribution is -0.159. The third-order valence-corrected chi connectivity index (χ3v) is 4.54. The van der Waals surface area contributed by atoms with E-state index in [-0.39, 0.29) is 41.8 Å². The van der Waals surface area contributed by atoms with Gasteiger partial charge in [-0.2, -0.15) is 0 Å². The van der Waals surface area contributed by atoms with Gasteiger partial charge in [0.1, 0.15) is 12.1 Å². The number of carbonyl (C=O) groups excluding carboxylic acids is 2. The minimum atomic E-state index is -0.398. The van der Waals surface area contributed by atoms with Gasteiger partial charge >= 0.3 is 0 Å². The fourth-order valence-electron chi connectivity index (χ4n) is 3.43. The maximum absolute atomic E-state index is 12.9. The maximum atomic E-state index is 12.9. The smallest absolute Gasteiger partial charge is 0.246 e. The van der Waals surface area contributed by atoms with Crippen molar-refractivity contribution in [2.45, 2.75) is 71.7 Å². The normalized spacial score (nSPS) is 34.5.